The van der Waals surface area contributed by atoms with Crippen LogP contribution in [0, 0.1) is 0 Å². The number of hydrogen-bond donors (Lipinski definition) is 4. The first-order valence-corrected chi connectivity index (χ1v) is 39.6. The predicted octanol–water partition coefficient (Wildman–Crippen LogP) is 20.5. The van der Waals surface area contributed by atoms with Gasteiger partial charge in [0.15, 0.2) is 6.10 Å². The molecule has 0 saturated heterocycles. The molecule has 16 nitrogen and oxygen atoms in total. The molecule has 0 aromatic rings. The van der Waals surface area contributed by atoms with E-state index in [1.807, 2.05) is 0 Å². The second-order valence-electron chi connectivity index (χ2n) is 24.7. The van der Waals surface area contributed by atoms with E-state index in [0.717, 1.165) is 109 Å². The van der Waals surface area contributed by atoms with Gasteiger partial charge in [-0.15, -0.1) is 0 Å². The highest BCUT2D eigenvalue weighted by atomic mass is 31.2. The molecule has 532 valence electrons. The van der Waals surface area contributed by atoms with E-state index in [4.69, 9.17) is 32.3 Å². The number of aliphatic hydroxyl groups excluding tert-OH is 2. The molecule has 0 aliphatic rings. The number of hydrogen-bond acceptors (Lipinski definition) is 14. The Morgan fingerprint density at radius 2 is 0.549 bits per heavy atom. The van der Waals surface area contributed by atoms with Crippen molar-refractivity contribution in [2.45, 2.75) is 347 Å². The summed E-state index contributed by atoms with van der Waals surface area (Å²) in [6, 6.07) is 0. The smallest absolute Gasteiger partial charge is 0.463 e. The average Bonchev–Trinajstić information content (AvgIpc) is 3.70. The van der Waals surface area contributed by atoms with Gasteiger partial charge in [-0.05, 0) is 89.9 Å². The Balaban J connectivity index is 4.46. The molecule has 0 aliphatic carbocycles. The first-order chi connectivity index (χ1) is 44.2. The highest BCUT2D eigenvalue weighted by Crippen LogP contribution is 2.45. The number of phosphoric acid groups is 2. The maximum atomic E-state index is 12.9. The summed E-state index contributed by atoms with van der Waals surface area (Å²) in [4.78, 5) is 58.4. The topological polar surface area (TPSA) is 231 Å². The summed E-state index contributed by atoms with van der Waals surface area (Å²) < 4.78 is 60.9. The first-order valence-electron chi connectivity index (χ1n) is 36.6. The van der Waals surface area contributed by atoms with Crippen LogP contribution in [0.2, 0.25) is 0 Å². The standard InChI is InChI=1S/C73H134O16P2/c1-4-7-10-13-16-19-22-25-27-28-29-30-31-32-33-34-35-36-37-38-40-43-44-47-50-53-56-59-71(76)83-62-68(74)63-85-90(79,80)86-64-69(75)65-87-91(81,82)88-67-70(89-73(78)61-58-55-52-49-46-41-24-21-18-15-12-9-6-3)66-84-72(77)60-57-54-51-48-45-42-39-26-23-20-17-14-11-8-5-2/h16,19,25-27,29-30,32-33,39,68-70,74-75H,4-15,17-18,20-24,28,31,34-38,40-67H2,1-3H3,(H,79,80)(H,81,82)/b19-16-,27-25-,30-29-,33-32-,39-26-. The highest BCUT2D eigenvalue weighted by molar-refractivity contribution is 7.47. The molecule has 0 aliphatic heterocycles. The molecule has 18 heteroatoms. The Bertz CT molecular complexity index is 1910. The van der Waals surface area contributed by atoms with E-state index >= 15 is 0 Å². The van der Waals surface area contributed by atoms with Gasteiger partial charge < -0.3 is 34.2 Å². The van der Waals surface area contributed by atoms with Crippen LogP contribution in [0.25, 0.3) is 0 Å². The zero-order valence-corrected chi connectivity index (χ0v) is 59.6. The van der Waals surface area contributed by atoms with Crippen LogP contribution < -0.4 is 0 Å². The van der Waals surface area contributed by atoms with Gasteiger partial charge in [0.2, 0.25) is 0 Å². The summed E-state index contributed by atoms with van der Waals surface area (Å²) in [6.45, 7) is 2.67. The molecule has 0 heterocycles. The Morgan fingerprint density at radius 3 is 0.901 bits per heavy atom. The second kappa shape index (κ2) is 67.2. The summed E-state index contributed by atoms with van der Waals surface area (Å²) in [5.74, 6) is -1.57. The number of esters is 3. The average molecular weight is 1330 g/mol. The van der Waals surface area contributed by atoms with Crippen LogP contribution in [0.15, 0.2) is 60.8 Å². The van der Waals surface area contributed by atoms with Crippen LogP contribution in [0.5, 0.6) is 0 Å². The fraction of sp³-hybridized carbons (Fsp3) is 0.822. The van der Waals surface area contributed by atoms with Gasteiger partial charge in [0.25, 0.3) is 0 Å². The molecule has 0 fully saturated rings. The molecule has 91 heavy (non-hydrogen) atoms. The van der Waals surface area contributed by atoms with E-state index < -0.39 is 91.5 Å². The maximum absolute atomic E-state index is 12.9. The molecule has 0 amide bonds. The number of carbonyl (C=O) groups excluding carboxylic acids is 3. The molecule has 0 radical (unpaired) electrons. The van der Waals surface area contributed by atoms with Crippen LogP contribution in [0.4, 0.5) is 0 Å². The monoisotopic (exact) mass is 1330 g/mol. The normalized spacial score (nSPS) is 14.5. The van der Waals surface area contributed by atoms with Crippen LogP contribution in [-0.2, 0) is 55.8 Å². The molecule has 5 unspecified atom stereocenters. The summed E-state index contributed by atoms with van der Waals surface area (Å²) in [5.41, 5.74) is 0. The molecule has 0 spiro atoms. The minimum atomic E-state index is -4.92. The minimum Gasteiger partial charge on any atom is -0.463 e. The first kappa shape index (κ1) is 88.2. The molecule has 0 aromatic heterocycles. The number of rotatable bonds is 70. The number of phosphoric ester groups is 2. The van der Waals surface area contributed by atoms with E-state index in [-0.39, 0.29) is 19.3 Å². The molecular formula is C73H134O16P2. The fourth-order valence-electron chi connectivity index (χ4n) is 10.1. The van der Waals surface area contributed by atoms with Gasteiger partial charge in [-0.25, -0.2) is 9.13 Å². The van der Waals surface area contributed by atoms with Gasteiger partial charge in [-0.2, -0.15) is 0 Å². The quantitative estimate of drug-likeness (QED) is 0.0146. The zero-order valence-electron chi connectivity index (χ0n) is 57.8. The van der Waals surface area contributed by atoms with E-state index in [0.29, 0.717) is 19.3 Å². The number of ether oxygens (including phenoxy) is 3. The van der Waals surface area contributed by atoms with Crippen LogP contribution in [0.1, 0.15) is 329 Å². The molecule has 5 atom stereocenters. The lowest BCUT2D eigenvalue weighted by Crippen LogP contribution is -2.30. The second-order valence-corrected chi connectivity index (χ2v) is 27.7. The molecule has 0 rings (SSSR count). The van der Waals surface area contributed by atoms with Crippen LogP contribution >= 0.6 is 15.6 Å². The number of aliphatic hydroxyl groups is 2. The molecular weight excluding hydrogens is 1190 g/mol. The Kier molecular flexibility index (Phi) is 65.2. The third kappa shape index (κ3) is 68.4. The maximum Gasteiger partial charge on any atom is 0.472 e. The van der Waals surface area contributed by atoms with E-state index in [1.54, 1.807) is 0 Å². The van der Waals surface area contributed by atoms with Crippen molar-refractivity contribution in [2.75, 3.05) is 39.6 Å². The third-order valence-corrected chi connectivity index (χ3v) is 17.6. The van der Waals surface area contributed by atoms with Gasteiger partial charge in [0.1, 0.15) is 25.4 Å². The number of allylic oxidation sites excluding steroid dienone is 10. The molecule has 4 N–H and O–H groups in total. The van der Waals surface area contributed by atoms with E-state index in [9.17, 15) is 43.5 Å². The van der Waals surface area contributed by atoms with Crippen molar-refractivity contribution in [3.63, 3.8) is 0 Å². The van der Waals surface area contributed by atoms with Crippen molar-refractivity contribution in [2.24, 2.45) is 0 Å². The largest absolute Gasteiger partial charge is 0.472 e. The predicted molar refractivity (Wildman–Crippen MR) is 372 cm³/mol. The number of unbranched alkanes of at least 4 members (excludes halogenated alkanes) is 37. The Morgan fingerprint density at radius 1 is 0.308 bits per heavy atom. The lowest BCUT2D eigenvalue weighted by molar-refractivity contribution is -0.161. The summed E-state index contributed by atoms with van der Waals surface area (Å²) in [5, 5.41) is 20.6. The third-order valence-electron chi connectivity index (χ3n) is 15.7. The Hall–Kier alpha value is -2.75. The van der Waals surface area contributed by atoms with Gasteiger partial charge in [0, 0.05) is 19.3 Å². The van der Waals surface area contributed by atoms with Crippen molar-refractivity contribution in [3.8, 4) is 0 Å². The van der Waals surface area contributed by atoms with Crippen molar-refractivity contribution >= 4 is 33.6 Å². The fourth-order valence-corrected chi connectivity index (χ4v) is 11.7. The minimum absolute atomic E-state index is 0.109. The van der Waals surface area contributed by atoms with Gasteiger partial charge in [-0.1, -0.05) is 281 Å². The molecule has 0 saturated carbocycles. The lowest BCUT2D eigenvalue weighted by atomic mass is 10.0. The van der Waals surface area contributed by atoms with Crippen molar-refractivity contribution in [1.29, 1.82) is 0 Å². The van der Waals surface area contributed by atoms with Crippen LogP contribution in [0.3, 0.4) is 0 Å². The van der Waals surface area contributed by atoms with Gasteiger partial charge in [-0.3, -0.25) is 32.5 Å². The van der Waals surface area contributed by atoms with Crippen molar-refractivity contribution in [3.05, 3.63) is 60.8 Å². The SMILES string of the molecule is CCCCC/C=C\C/C=C\C/C=C\C/C=C\CCCCCCCCCCCCCC(=O)OCC(O)COP(=O)(O)OCC(O)COP(=O)(O)OCC(COC(=O)CCCCCCC/C=C\CCCCCCCC)OC(=O)CCCCCCCCCCCCCCC. The number of carbonyl (C=O) groups is 3. The van der Waals surface area contributed by atoms with Gasteiger partial charge in [0.05, 0.1) is 26.4 Å². The van der Waals surface area contributed by atoms with Crippen LogP contribution in [-0.4, -0.2) is 95.9 Å². The Labute approximate surface area is 554 Å². The highest BCUT2D eigenvalue weighted by Gasteiger charge is 2.29. The zero-order chi connectivity index (χ0) is 66.7. The summed E-state index contributed by atoms with van der Waals surface area (Å²) >= 11 is 0. The molecule has 0 bridgehead atoms. The van der Waals surface area contributed by atoms with Crippen molar-refractivity contribution < 1.29 is 75.8 Å². The van der Waals surface area contributed by atoms with Gasteiger partial charge >= 0.3 is 33.6 Å². The lowest BCUT2D eigenvalue weighted by Gasteiger charge is -2.21. The van der Waals surface area contributed by atoms with Crippen molar-refractivity contribution in [1.82, 2.24) is 0 Å². The summed E-state index contributed by atoms with van der Waals surface area (Å²) in [6.07, 6.45) is 69.9. The van der Waals surface area contributed by atoms with E-state index in [1.165, 1.54) is 161 Å². The summed E-state index contributed by atoms with van der Waals surface area (Å²) in [7, 11) is -9.76. The van der Waals surface area contributed by atoms with E-state index in [2.05, 4.69) is 81.5 Å². The molecule has 0 aromatic carbocycles.